The fraction of sp³-hybridized carbons (Fsp3) is 0.440. The lowest BCUT2D eigenvalue weighted by molar-refractivity contribution is -0.144. The lowest BCUT2D eigenvalue weighted by atomic mass is 9.85. The Morgan fingerprint density at radius 3 is 2.52 bits per heavy atom. The van der Waals surface area contributed by atoms with E-state index in [9.17, 15) is 26.8 Å². The molecular weight excluding hydrogens is 590 g/mol. The summed E-state index contributed by atoms with van der Waals surface area (Å²) in [6, 6.07) is 1.03. The second kappa shape index (κ2) is 11.1. The number of hydrogen-bond acceptors (Lipinski definition) is 9. The van der Waals surface area contributed by atoms with Crippen LogP contribution in [0.25, 0.3) is 0 Å². The minimum atomic E-state index is -3.68. The molecule has 2 aromatic rings. The minimum Gasteiger partial charge on any atom is -0.481 e. The van der Waals surface area contributed by atoms with Crippen molar-refractivity contribution in [1.29, 1.82) is 0 Å². The van der Waals surface area contributed by atoms with Crippen molar-refractivity contribution < 1.29 is 36.6 Å². The fourth-order valence-electron chi connectivity index (χ4n) is 5.27. The number of carbonyl (C=O) groups is 2. The number of allylic oxidation sites excluding steroid dienone is 1. The molecule has 2 aliphatic heterocycles. The number of hydrogen-bond donors (Lipinski definition) is 2. The fourth-order valence-corrected chi connectivity index (χ4v) is 8.20. The zero-order valence-electron chi connectivity index (χ0n) is 21.1. The SMILES string of the molecule is COC(=O)C1=C(C2CCN(S(=O)(=O)C3CC(C(=O)O)C3)CC2)NC(c2nccs2)=NC1c1ccc(F)c(F)c1Cl. The van der Waals surface area contributed by atoms with E-state index in [1.165, 1.54) is 28.8 Å². The number of piperidine rings is 1. The molecule has 1 aromatic heterocycles. The molecule has 1 unspecified atom stereocenters. The minimum absolute atomic E-state index is 0.0558. The first-order chi connectivity index (χ1) is 19.0. The van der Waals surface area contributed by atoms with Crippen LogP contribution < -0.4 is 5.32 Å². The Kier molecular flexibility index (Phi) is 7.97. The van der Waals surface area contributed by atoms with Crippen LogP contribution in [-0.2, 0) is 24.3 Å². The van der Waals surface area contributed by atoms with Gasteiger partial charge in [0.25, 0.3) is 0 Å². The van der Waals surface area contributed by atoms with Gasteiger partial charge in [0, 0.05) is 41.8 Å². The van der Waals surface area contributed by atoms with Crippen LogP contribution in [0.4, 0.5) is 8.78 Å². The summed E-state index contributed by atoms with van der Waals surface area (Å²) in [5.41, 5.74) is 0.539. The monoisotopic (exact) mass is 614 g/mol. The van der Waals surface area contributed by atoms with E-state index in [0.29, 0.717) is 29.4 Å². The van der Waals surface area contributed by atoms with E-state index in [2.05, 4.69) is 15.3 Å². The first kappa shape index (κ1) is 28.6. The molecule has 1 atom stereocenters. The number of amidine groups is 1. The number of rotatable bonds is 7. The van der Waals surface area contributed by atoms with Crippen molar-refractivity contribution in [3.8, 4) is 0 Å². The van der Waals surface area contributed by atoms with Crippen LogP contribution in [0.5, 0.6) is 0 Å². The number of nitrogens with one attached hydrogen (secondary N) is 1. The topological polar surface area (TPSA) is 138 Å². The highest BCUT2D eigenvalue weighted by Crippen LogP contribution is 2.42. The zero-order chi connectivity index (χ0) is 28.8. The van der Waals surface area contributed by atoms with Gasteiger partial charge in [-0.2, -0.15) is 0 Å². The van der Waals surface area contributed by atoms with Crippen LogP contribution in [0.2, 0.25) is 5.02 Å². The largest absolute Gasteiger partial charge is 0.481 e. The van der Waals surface area contributed by atoms with Crippen molar-refractivity contribution in [3.05, 3.63) is 62.2 Å². The number of aliphatic imine (C=N–C) groups is 1. The molecule has 3 aliphatic rings. The Bertz CT molecular complexity index is 1500. The van der Waals surface area contributed by atoms with Gasteiger partial charge in [0.05, 0.1) is 28.9 Å². The van der Waals surface area contributed by atoms with Gasteiger partial charge in [-0.15, -0.1) is 11.3 Å². The van der Waals surface area contributed by atoms with Gasteiger partial charge in [-0.3, -0.25) is 9.79 Å². The molecule has 0 amide bonds. The molecule has 0 spiro atoms. The van der Waals surface area contributed by atoms with Crippen LogP contribution in [0.3, 0.4) is 0 Å². The molecule has 2 N–H and O–H groups in total. The summed E-state index contributed by atoms with van der Waals surface area (Å²) in [5, 5.41) is 13.3. The number of carboxylic acids is 1. The number of aliphatic carboxylic acids is 1. The molecule has 0 radical (unpaired) electrons. The molecule has 10 nitrogen and oxygen atoms in total. The summed E-state index contributed by atoms with van der Waals surface area (Å²) < 4.78 is 61.0. The molecule has 1 aliphatic carbocycles. The van der Waals surface area contributed by atoms with Crippen molar-refractivity contribution in [3.63, 3.8) is 0 Å². The van der Waals surface area contributed by atoms with Gasteiger partial charge in [-0.05, 0) is 31.7 Å². The van der Waals surface area contributed by atoms with E-state index in [0.717, 1.165) is 6.07 Å². The third-order valence-electron chi connectivity index (χ3n) is 7.56. The number of aromatic nitrogens is 1. The maximum absolute atomic E-state index is 14.5. The summed E-state index contributed by atoms with van der Waals surface area (Å²) in [6.45, 7) is 0.308. The molecule has 214 valence electrons. The number of halogens is 3. The van der Waals surface area contributed by atoms with Crippen LogP contribution in [0, 0.1) is 23.5 Å². The molecule has 5 rings (SSSR count). The van der Waals surface area contributed by atoms with Gasteiger partial charge in [0.2, 0.25) is 10.0 Å². The maximum Gasteiger partial charge on any atom is 0.338 e. The third-order valence-corrected chi connectivity index (χ3v) is 11.0. The molecule has 1 saturated heterocycles. The number of esters is 1. The van der Waals surface area contributed by atoms with Gasteiger partial charge in [0.1, 0.15) is 6.04 Å². The molecule has 15 heteroatoms. The number of sulfonamides is 1. The van der Waals surface area contributed by atoms with Crippen molar-refractivity contribution in [2.45, 2.75) is 37.0 Å². The molecule has 1 aromatic carbocycles. The summed E-state index contributed by atoms with van der Waals surface area (Å²) in [5.74, 6) is -4.86. The highest BCUT2D eigenvalue weighted by Gasteiger charge is 2.46. The first-order valence-electron chi connectivity index (χ1n) is 12.4. The number of carbonyl (C=O) groups excluding carboxylic acids is 1. The predicted octanol–water partition coefficient (Wildman–Crippen LogP) is 3.50. The van der Waals surface area contributed by atoms with Crippen molar-refractivity contribution in [2.75, 3.05) is 20.2 Å². The zero-order valence-corrected chi connectivity index (χ0v) is 23.5. The summed E-state index contributed by atoms with van der Waals surface area (Å²) >= 11 is 7.48. The summed E-state index contributed by atoms with van der Waals surface area (Å²) in [6.07, 6.45) is 2.41. The van der Waals surface area contributed by atoms with Crippen molar-refractivity contribution in [1.82, 2.24) is 14.6 Å². The summed E-state index contributed by atoms with van der Waals surface area (Å²) in [4.78, 5) is 33.2. The van der Waals surface area contributed by atoms with Crippen LogP contribution in [0.1, 0.15) is 42.3 Å². The van der Waals surface area contributed by atoms with E-state index in [1.807, 2.05) is 0 Å². The second-order valence-electron chi connectivity index (χ2n) is 9.77. The average molecular weight is 615 g/mol. The highest BCUT2D eigenvalue weighted by molar-refractivity contribution is 7.89. The van der Waals surface area contributed by atoms with Crippen LogP contribution in [0.15, 0.2) is 40.0 Å². The molecule has 2 fully saturated rings. The molecular formula is C25H25ClF2N4O6S2. The lowest BCUT2D eigenvalue weighted by Crippen LogP contribution is -2.50. The second-order valence-corrected chi connectivity index (χ2v) is 13.3. The highest BCUT2D eigenvalue weighted by atomic mass is 35.5. The maximum atomic E-state index is 14.5. The Morgan fingerprint density at radius 2 is 1.93 bits per heavy atom. The number of benzene rings is 1. The molecule has 0 bridgehead atoms. The number of methoxy groups -OCH3 is 1. The quantitative estimate of drug-likeness (QED) is 0.357. The summed E-state index contributed by atoms with van der Waals surface area (Å²) in [7, 11) is -2.49. The average Bonchev–Trinajstić information content (AvgIpc) is 3.45. The van der Waals surface area contributed by atoms with Gasteiger partial charge in [-0.25, -0.2) is 31.3 Å². The number of thiazole rings is 1. The third kappa shape index (κ3) is 5.13. The van der Waals surface area contributed by atoms with Crippen molar-refractivity contribution >= 4 is 50.7 Å². The van der Waals surface area contributed by atoms with Gasteiger partial charge >= 0.3 is 11.9 Å². The van der Waals surface area contributed by atoms with Gasteiger partial charge in [0.15, 0.2) is 22.5 Å². The Balaban J connectivity index is 1.48. The smallest absolute Gasteiger partial charge is 0.338 e. The predicted molar refractivity (Wildman–Crippen MR) is 142 cm³/mol. The van der Waals surface area contributed by atoms with Gasteiger partial charge < -0.3 is 15.2 Å². The van der Waals surface area contributed by atoms with E-state index >= 15 is 0 Å². The number of nitrogens with zero attached hydrogens (tertiary/aromatic N) is 3. The number of ether oxygens (including phenoxy) is 1. The molecule has 40 heavy (non-hydrogen) atoms. The molecule has 3 heterocycles. The van der Waals surface area contributed by atoms with E-state index in [4.69, 9.17) is 21.4 Å². The normalized spacial score (nSPS) is 24.2. The standard InChI is InChI=1S/C25H25ClF2N4O6S2/c1-38-25(35)17-20(12-4-7-32(8-5-12)40(36,37)14-10-13(11-14)24(33)34)30-22(23-29-6-9-39-23)31-21(17)15-2-3-16(27)19(28)18(15)26/h2-3,6,9,12-14,21H,4-5,7-8,10-11H2,1H3,(H,30,31)(H,33,34). The molecule has 1 saturated carbocycles. The first-order valence-corrected chi connectivity index (χ1v) is 15.2. The van der Waals surface area contributed by atoms with Crippen LogP contribution in [-0.4, -0.2) is 66.0 Å². The number of carboxylic acid groups (broad SMARTS) is 1. The van der Waals surface area contributed by atoms with E-state index in [-0.39, 0.29) is 43.0 Å². The van der Waals surface area contributed by atoms with Gasteiger partial charge in [-0.1, -0.05) is 17.7 Å². The van der Waals surface area contributed by atoms with E-state index in [1.54, 1.807) is 11.6 Å². The van der Waals surface area contributed by atoms with Crippen molar-refractivity contribution in [2.24, 2.45) is 16.8 Å². The van der Waals surface area contributed by atoms with E-state index < -0.39 is 55.8 Å². The van der Waals surface area contributed by atoms with Crippen LogP contribution >= 0.6 is 22.9 Å². The lowest BCUT2D eigenvalue weighted by Gasteiger charge is -2.40. The Morgan fingerprint density at radius 1 is 1.23 bits per heavy atom. The Hall–Kier alpha value is -2.94. The Labute approximate surface area is 237 Å².